The Morgan fingerprint density at radius 2 is 1.03 bits per heavy atom. The zero-order valence-corrected chi connectivity index (χ0v) is 18.1. The van der Waals surface area contributed by atoms with Gasteiger partial charge in [0.05, 0.1) is 0 Å². The Morgan fingerprint density at radius 1 is 0.567 bits per heavy atom. The highest BCUT2D eigenvalue weighted by molar-refractivity contribution is 9.10. The van der Waals surface area contributed by atoms with Crippen LogP contribution in [0.3, 0.4) is 0 Å². The molecule has 4 heteroatoms. The molecular weight excluding hydrogens is 435 g/mol. The first-order valence-corrected chi connectivity index (χ1v) is 10.7. The van der Waals surface area contributed by atoms with Crippen LogP contribution in [-0.4, -0.2) is 18.1 Å². The molecule has 1 aliphatic rings. The monoisotopic (exact) mass is 454 g/mol. The summed E-state index contributed by atoms with van der Waals surface area (Å²) in [5.41, 5.74) is 2.56. The highest BCUT2D eigenvalue weighted by Crippen LogP contribution is 2.53. The van der Waals surface area contributed by atoms with Gasteiger partial charge in [0.15, 0.2) is 0 Å². The predicted octanol–water partition coefficient (Wildman–Crippen LogP) is 3.59. The summed E-state index contributed by atoms with van der Waals surface area (Å²) >= 11 is 3.57. The fraction of sp³-hybridized carbons (Fsp3) is 0.0769. The van der Waals surface area contributed by atoms with Gasteiger partial charge in [-0.3, -0.25) is 0 Å². The third-order valence-corrected chi connectivity index (χ3v) is 6.59. The van der Waals surface area contributed by atoms with Crippen molar-refractivity contribution in [1.29, 1.82) is 0 Å². The summed E-state index contributed by atoms with van der Waals surface area (Å²) in [5.74, 6) is 0. The van der Waals surface area contributed by atoms with Gasteiger partial charge in [-0.15, -0.1) is 0 Å². The first-order chi connectivity index (χ1) is 14.5. The molecule has 2 unspecified atom stereocenters. The number of benzene rings is 4. The molecular formula is C26H20BBrO2. The maximum atomic E-state index is 12.3. The molecule has 0 fully saturated rings. The fourth-order valence-corrected chi connectivity index (χ4v) is 5.04. The molecule has 2 atom stereocenters. The summed E-state index contributed by atoms with van der Waals surface area (Å²) in [7, 11) is 2.00. The van der Waals surface area contributed by atoms with Crippen molar-refractivity contribution >= 4 is 29.2 Å². The minimum Gasteiger partial charge on any atom is -0.376 e. The van der Waals surface area contributed by atoms with Crippen LogP contribution in [0.15, 0.2) is 102 Å². The third-order valence-electron chi connectivity index (χ3n) is 6.10. The average molecular weight is 455 g/mol. The number of hydrogen-bond donors (Lipinski definition) is 2. The molecule has 0 bridgehead atoms. The van der Waals surface area contributed by atoms with Crippen LogP contribution in [-0.2, 0) is 11.2 Å². The molecule has 4 aromatic carbocycles. The lowest BCUT2D eigenvalue weighted by molar-refractivity contribution is 0.0748. The average Bonchev–Trinajstić information content (AvgIpc) is 2.78. The van der Waals surface area contributed by atoms with Crippen molar-refractivity contribution in [2.24, 2.45) is 0 Å². The normalized spacial score (nSPS) is 22.2. The van der Waals surface area contributed by atoms with Crippen molar-refractivity contribution in [1.82, 2.24) is 0 Å². The van der Waals surface area contributed by atoms with Crippen molar-refractivity contribution in [2.45, 2.75) is 11.2 Å². The Balaban J connectivity index is 1.95. The smallest absolute Gasteiger partial charge is 0.141 e. The number of aliphatic hydroxyl groups is 2. The molecule has 146 valence electrons. The predicted molar refractivity (Wildman–Crippen MR) is 126 cm³/mol. The summed E-state index contributed by atoms with van der Waals surface area (Å²) in [6.45, 7) is 0. The molecule has 2 N–H and O–H groups in total. The molecule has 0 aromatic heterocycles. The second-order valence-corrected chi connectivity index (χ2v) is 8.81. The van der Waals surface area contributed by atoms with Gasteiger partial charge in [-0.1, -0.05) is 106 Å². The second kappa shape index (κ2) is 6.95. The van der Waals surface area contributed by atoms with Crippen LogP contribution in [0.25, 0.3) is 0 Å². The van der Waals surface area contributed by atoms with Gasteiger partial charge in [0.2, 0.25) is 0 Å². The van der Waals surface area contributed by atoms with E-state index in [0.29, 0.717) is 22.3 Å². The molecule has 0 saturated carbocycles. The first-order valence-electron chi connectivity index (χ1n) is 9.93. The van der Waals surface area contributed by atoms with Crippen molar-refractivity contribution in [3.8, 4) is 0 Å². The molecule has 0 radical (unpaired) electrons. The highest BCUT2D eigenvalue weighted by Gasteiger charge is 2.50. The standard InChI is InChI=1S/C26H20BBrO2/c27-19-11-13-21-23(15-19)25(29,17-7-3-1-4-8-17)22-14-12-20(28)16-24(22)26(21,30)18-9-5-2-6-10-18/h1-16,29-30H,27H2. The van der Waals surface area contributed by atoms with Gasteiger partial charge in [0, 0.05) is 10.0 Å². The first kappa shape index (κ1) is 19.3. The summed E-state index contributed by atoms with van der Waals surface area (Å²) in [6.07, 6.45) is 0. The number of fused-ring (bicyclic) bond motifs is 2. The zero-order valence-electron chi connectivity index (χ0n) is 16.5. The van der Waals surface area contributed by atoms with Gasteiger partial charge in [-0.05, 0) is 39.9 Å². The van der Waals surface area contributed by atoms with E-state index in [1.54, 1.807) is 0 Å². The molecule has 30 heavy (non-hydrogen) atoms. The number of halogens is 1. The van der Waals surface area contributed by atoms with Crippen LogP contribution >= 0.6 is 15.9 Å². The Bertz CT molecular complexity index is 1140. The van der Waals surface area contributed by atoms with Gasteiger partial charge in [0.25, 0.3) is 0 Å². The van der Waals surface area contributed by atoms with Crippen LogP contribution in [0.2, 0.25) is 0 Å². The van der Waals surface area contributed by atoms with Gasteiger partial charge < -0.3 is 10.2 Å². The summed E-state index contributed by atoms with van der Waals surface area (Å²) in [5, 5.41) is 24.6. The van der Waals surface area contributed by atoms with E-state index in [1.165, 1.54) is 0 Å². The maximum absolute atomic E-state index is 12.3. The van der Waals surface area contributed by atoms with Crippen molar-refractivity contribution in [3.05, 3.63) is 135 Å². The lowest BCUT2D eigenvalue weighted by atomic mass is 9.63. The third kappa shape index (κ3) is 2.65. The lowest BCUT2D eigenvalue weighted by Gasteiger charge is -2.45. The quantitative estimate of drug-likeness (QED) is 0.454. The molecule has 1 aliphatic carbocycles. The molecule has 2 nitrogen and oxygen atoms in total. The largest absolute Gasteiger partial charge is 0.376 e. The SMILES string of the molecule is Bc1ccc2c(c1)C(O)(c1ccccc1)c1ccc(Br)cc1C2(O)c1ccccc1. The topological polar surface area (TPSA) is 40.5 Å². The maximum Gasteiger partial charge on any atom is 0.141 e. The van der Waals surface area contributed by atoms with Crippen LogP contribution in [0.1, 0.15) is 33.4 Å². The Hall–Kier alpha value is -2.66. The number of rotatable bonds is 2. The molecule has 5 rings (SSSR count). The van der Waals surface area contributed by atoms with E-state index in [4.69, 9.17) is 0 Å². The summed E-state index contributed by atoms with van der Waals surface area (Å²) < 4.78 is 0.849. The van der Waals surface area contributed by atoms with E-state index in [0.717, 1.165) is 21.1 Å². The van der Waals surface area contributed by atoms with Crippen LogP contribution < -0.4 is 5.46 Å². The van der Waals surface area contributed by atoms with E-state index >= 15 is 0 Å². The zero-order chi connectivity index (χ0) is 20.9. The van der Waals surface area contributed by atoms with Crippen LogP contribution in [0.4, 0.5) is 0 Å². The molecule has 0 heterocycles. The molecule has 0 spiro atoms. The van der Waals surface area contributed by atoms with Gasteiger partial charge in [0.1, 0.15) is 19.0 Å². The molecule has 4 aromatic rings. The van der Waals surface area contributed by atoms with Crippen molar-refractivity contribution in [3.63, 3.8) is 0 Å². The molecule has 0 saturated heterocycles. The summed E-state index contributed by atoms with van der Waals surface area (Å²) in [6, 6.07) is 31.0. The molecule has 0 aliphatic heterocycles. The van der Waals surface area contributed by atoms with E-state index in [9.17, 15) is 10.2 Å². The second-order valence-electron chi connectivity index (χ2n) is 7.89. The van der Waals surface area contributed by atoms with E-state index in [2.05, 4.69) is 15.9 Å². The minimum absolute atomic E-state index is 0.672. The van der Waals surface area contributed by atoms with Gasteiger partial charge in [-0.25, -0.2) is 0 Å². The lowest BCUT2D eigenvalue weighted by Crippen LogP contribution is -2.44. The number of hydrogen-bond acceptors (Lipinski definition) is 2. The van der Waals surface area contributed by atoms with E-state index in [1.807, 2.05) is 105 Å². The van der Waals surface area contributed by atoms with E-state index < -0.39 is 11.2 Å². The molecule has 0 amide bonds. The Morgan fingerprint density at radius 3 is 1.57 bits per heavy atom. The van der Waals surface area contributed by atoms with Gasteiger partial charge in [-0.2, -0.15) is 0 Å². The summed E-state index contributed by atoms with van der Waals surface area (Å²) in [4.78, 5) is 0. The fourth-order valence-electron chi connectivity index (χ4n) is 4.68. The highest BCUT2D eigenvalue weighted by atomic mass is 79.9. The van der Waals surface area contributed by atoms with Crippen molar-refractivity contribution in [2.75, 3.05) is 0 Å². The minimum atomic E-state index is -1.38. The van der Waals surface area contributed by atoms with Crippen molar-refractivity contribution < 1.29 is 10.2 Å². The Labute approximate surface area is 185 Å². The van der Waals surface area contributed by atoms with Crippen LogP contribution in [0, 0.1) is 0 Å². The Kier molecular flexibility index (Phi) is 4.48. The van der Waals surface area contributed by atoms with Gasteiger partial charge >= 0.3 is 0 Å². The van der Waals surface area contributed by atoms with Crippen LogP contribution in [0.5, 0.6) is 0 Å². The van der Waals surface area contributed by atoms with E-state index in [-0.39, 0.29) is 0 Å².